The quantitative estimate of drug-likeness (QED) is 0.0375. The number of carbonyl (C=O) groups is 10. The van der Waals surface area contributed by atoms with Gasteiger partial charge in [-0.1, -0.05) is 47.7 Å². The van der Waals surface area contributed by atoms with Crippen LogP contribution in [0.4, 0.5) is 5.69 Å². The Bertz CT molecular complexity index is 2740. The highest BCUT2D eigenvalue weighted by molar-refractivity contribution is 7.80. The molecule has 3 heterocycles. The number of thiol groups is 1. The lowest BCUT2D eigenvalue weighted by Gasteiger charge is -2.32. The number of aliphatic carboxylic acids is 5. The van der Waals surface area contributed by atoms with Gasteiger partial charge in [-0.05, 0) is 57.6 Å². The Morgan fingerprint density at radius 1 is 0.683 bits per heavy atom. The van der Waals surface area contributed by atoms with Gasteiger partial charge in [-0.3, -0.25) is 62.8 Å². The summed E-state index contributed by atoms with van der Waals surface area (Å²) in [5.41, 5.74) is 1.60. The van der Waals surface area contributed by atoms with Crippen LogP contribution >= 0.6 is 12.6 Å². The van der Waals surface area contributed by atoms with E-state index in [2.05, 4.69) is 33.6 Å². The molecule has 82 heavy (non-hydrogen) atoms. The molecule has 2 aliphatic rings. The van der Waals surface area contributed by atoms with E-state index in [4.69, 9.17) is 0 Å². The van der Waals surface area contributed by atoms with E-state index in [1.54, 1.807) is 76.2 Å². The Labute approximate surface area is 481 Å². The predicted molar refractivity (Wildman–Crippen MR) is 302 cm³/mol. The SMILES string of the molecule is CN(C)C(=O)C(CS)CC(C(=O)NCCCCC(NC(=O)Cn1nnc2c1-c1ccccc1CN(C(=O)CCCC(=O)CN1CCN(CC(=O)O)CCN(CC(=O)O)CCN(CC(=O)O)CC1)c1ccccc1-2)C(=O)O)C(C)(C)C(=O)O. The lowest BCUT2D eigenvalue weighted by atomic mass is 9.73. The number of hydrogen-bond acceptors (Lipinski definition) is 17. The summed E-state index contributed by atoms with van der Waals surface area (Å²) in [4.78, 5) is 137. The number of fused-ring (bicyclic) bond motifs is 5. The van der Waals surface area contributed by atoms with Crippen molar-refractivity contribution < 1.29 is 73.5 Å². The van der Waals surface area contributed by atoms with Crippen molar-refractivity contribution in [3.63, 3.8) is 0 Å². The number of rotatable bonds is 28. The number of aromatic nitrogens is 3. The maximum Gasteiger partial charge on any atom is 0.326 e. The summed E-state index contributed by atoms with van der Waals surface area (Å²) in [5.74, 6) is -9.38. The second-order valence-electron chi connectivity index (χ2n) is 21.4. The number of carboxylic acids is 5. The van der Waals surface area contributed by atoms with Crippen molar-refractivity contribution >= 4 is 77.6 Å². The zero-order valence-electron chi connectivity index (χ0n) is 46.9. The molecular weight excluding hydrogens is 1090 g/mol. The highest BCUT2D eigenvalue weighted by Crippen LogP contribution is 2.41. The van der Waals surface area contributed by atoms with Crippen LogP contribution in [0.2, 0.25) is 0 Å². The summed E-state index contributed by atoms with van der Waals surface area (Å²) < 4.78 is 1.37. The zero-order chi connectivity index (χ0) is 60.3. The largest absolute Gasteiger partial charge is 0.481 e. The number of hydrogen-bond donors (Lipinski definition) is 8. The van der Waals surface area contributed by atoms with E-state index in [1.165, 1.54) is 23.4 Å². The van der Waals surface area contributed by atoms with Crippen LogP contribution in [0.25, 0.3) is 22.5 Å². The Kier molecular flexibility index (Phi) is 24.9. The van der Waals surface area contributed by atoms with Crippen molar-refractivity contribution in [1.82, 2.24) is 50.1 Å². The molecule has 2 aromatic carbocycles. The van der Waals surface area contributed by atoms with E-state index in [9.17, 15) is 73.5 Å². The fourth-order valence-corrected chi connectivity index (χ4v) is 10.4. The Hall–Kier alpha value is -7.33. The maximum absolute atomic E-state index is 14.4. The van der Waals surface area contributed by atoms with Crippen LogP contribution in [0.5, 0.6) is 0 Å². The van der Waals surface area contributed by atoms with Crippen LogP contribution in [0.1, 0.15) is 64.4 Å². The van der Waals surface area contributed by atoms with E-state index >= 15 is 0 Å². The number of amides is 4. The average molecular weight is 1160 g/mol. The molecule has 5 rings (SSSR count). The van der Waals surface area contributed by atoms with E-state index in [1.807, 2.05) is 11.0 Å². The van der Waals surface area contributed by atoms with Crippen LogP contribution in [0.15, 0.2) is 48.5 Å². The summed E-state index contributed by atoms with van der Waals surface area (Å²) in [7, 11) is 3.12. The third-order valence-corrected chi connectivity index (χ3v) is 15.2. The maximum atomic E-state index is 14.4. The molecule has 7 N–H and O–H groups in total. The highest BCUT2D eigenvalue weighted by Gasteiger charge is 2.43. The molecule has 2 aliphatic heterocycles. The number of Topliss-reactive ketones (excluding diaryl/α,β-unsaturated/α-hetero) is 1. The topological polar surface area (TPSA) is 346 Å². The van der Waals surface area contributed by atoms with E-state index in [0.29, 0.717) is 33.8 Å². The molecule has 3 aromatic rings. The van der Waals surface area contributed by atoms with E-state index in [-0.39, 0.29) is 160 Å². The summed E-state index contributed by atoms with van der Waals surface area (Å²) in [6.45, 7) is 3.62. The van der Waals surface area contributed by atoms with Crippen LogP contribution in [0, 0.1) is 17.3 Å². The van der Waals surface area contributed by atoms with Gasteiger partial charge in [0.25, 0.3) is 0 Å². The lowest BCUT2D eigenvalue weighted by Crippen LogP contribution is -2.49. The van der Waals surface area contributed by atoms with Gasteiger partial charge in [0.1, 0.15) is 24.1 Å². The number of nitrogens with one attached hydrogen (secondary N) is 2. The van der Waals surface area contributed by atoms with Gasteiger partial charge in [0.2, 0.25) is 23.6 Å². The van der Waals surface area contributed by atoms with Gasteiger partial charge in [-0.25, -0.2) is 9.48 Å². The second-order valence-corrected chi connectivity index (χ2v) is 21.8. The summed E-state index contributed by atoms with van der Waals surface area (Å²) in [6.07, 6.45) is 0.692. The molecule has 0 spiro atoms. The van der Waals surface area contributed by atoms with Crippen LogP contribution in [-0.2, 0) is 61.0 Å². The fourth-order valence-electron chi connectivity index (χ4n) is 10.1. The molecule has 0 radical (unpaired) electrons. The van der Waals surface area contributed by atoms with Crippen molar-refractivity contribution in [3.8, 4) is 22.5 Å². The van der Waals surface area contributed by atoms with E-state index in [0.717, 1.165) is 0 Å². The van der Waals surface area contributed by atoms with Crippen molar-refractivity contribution in [3.05, 3.63) is 54.1 Å². The molecule has 3 atom stereocenters. The molecule has 26 nitrogen and oxygen atoms in total. The van der Waals surface area contributed by atoms with Gasteiger partial charge in [0.05, 0.1) is 55.4 Å². The molecular formula is C55H77N11O15S. The minimum atomic E-state index is -1.52. The summed E-state index contributed by atoms with van der Waals surface area (Å²) >= 11 is 4.28. The van der Waals surface area contributed by atoms with Gasteiger partial charge < -0.3 is 46.0 Å². The minimum Gasteiger partial charge on any atom is -0.481 e. The monoisotopic (exact) mass is 1160 g/mol. The summed E-state index contributed by atoms with van der Waals surface area (Å²) in [5, 5.41) is 62.9. The molecule has 0 bridgehead atoms. The van der Waals surface area contributed by atoms with Crippen LogP contribution < -0.4 is 15.5 Å². The molecule has 4 amide bonds. The van der Waals surface area contributed by atoms with Crippen molar-refractivity contribution in [2.45, 2.75) is 77.9 Å². The Morgan fingerprint density at radius 3 is 1.74 bits per heavy atom. The van der Waals surface area contributed by atoms with Gasteiger partial charge in [0.15, 0.2) is 0 Å². The molecule has 448 valence electrons. The number of benzene rings is 2. The smallest absolute Gasteiger partial charge is 0.326 e. The van der Waals surface area contributed by atoms with Gasteiger partial charge in [-0.15, -0.1) is 5.10 Å². The van der Waals surface area contributed by atoms with E-state index < -0.39 is 71.5 Å². The minimum absolute atomic E-state index is 0.00861. The van der Waals surface area contributed by atoms with Crippen LogP contribution in [0.3, 0.4) is 0 Å². The molecule has 1 aromatic heterocycles. The standard InChI is InChI=1S/C55H77N11O15S/c1-55(2,54(80)81)41(28-37(35-82)52(77)60(3)4)51(76)56-19-10-9-16-42(53(78)79)57-44(68)31-66-50-39-14-6-5-12-36(39)29-65(43-17-8-7-15-40(43)49(50)58-59-66)45(69)18-11-13-38(67)30-61-20-22-62(32-46(70)71)24-26-64(34-48(74)75)27-25-63(23-21-61)33-47(72)73/h5-8,12,14-15,17,37,41-42,82H,9-11,13,16,18-35H2,1-4H3,(H,56,76)(H,57,68)(H,70,71)(H,72,73)(H,74,75)(H,78,79)(H,80,81). The number of carbonyl (C=O) groups excluding carboxylic acids is 5. The number of carboxylic acid groups (broad SMARTS) is 5. The first-order valence-corrected chi connectivity index (χ1v) is 27.9. The molecule has 1 fully saturated rings. The van der Waals surface area contributed by atoms with Crippen molar-refractivity contribution in [2.24, 2.45) is 17.3 Å². The highest BCUT2D eigenvalue weighted by atomic mass is 32.1. The van der Waals surface area contributed by atoms with Crippen molar-refractivity contribution in [2.75, 3.05) is 110 Å². The zero-order valence-corrected chi connectivity index (χ0v) is 47.8. The number of ketones is 1. The van der Waals surface area contributed by atoms with Crippen molar-refractivity contribution in [1.29, 1.82) is 0 Å². The fraction of sp³-hybridized carbons (Fsp3) is 0.564. The molecule has 3 unspecified atom stereocenters. The molecule has 1 saturated heterocycles. The Balaban J connectivity index is 1.23. The van der Waals surface area contributed by atoms with Gasteiger partial charge in [-0.2, -0.15) is 12.6 Å². The number of nitrogens with zero attached hydrogens (tertiary/aromatic N) is 9. The first kappa shape index (κ1) is 65.5. The normalized spacial score (nSPS) is 16.0. The average Bonchev–Trinajstić information content (AvgIpc) is 2.98. The predicted octanol–water partition coefficient (Wildman–Crippen LogP) is 1.28. The second kappa shape index (κ2) is 31.2. The molecule has 27 heteroatoms. The number of para-hydroxylation sites is 1. The third kappa shape index (κ3) is 19.1. The van der Waals surface area contributed by atoms with Crippen LogP contribution in [-0.4, -0.2) is 235 Å². The molecule has 0 aliphatic carbocycles. The first-order chi connectivity index (χ1) is 38.9. The van der Waals surface area contributed by atoms with Gasteiger partial charge >= 0.3 is 29.8 Å². The summed E-state index contributed by atoms with van der Waals surface area (Å²) in [6, 6.07) is 13.0. The number of anilines is 1. The van der Waals surface area contributed by atoms with Gasteiger partial charge in [0, 0.05) is 109 Å². The first-order valence-electron chi connectivity index (χ1n) is 27.2. The number of unbranched alkanes of at least 4 members (excludes halogenated alkanes) is 1. The molecule has 0 saturated carbocycles. The third-order valence-electron chi connectivity index (χ3n) is 14.8. The Morgan fingerprint density at radius 2 is 1.22 bits per heavy atom. The lowest BCUT2D eigenvalue weighted by molar-refractivity contribution is -0.155.